The standard InChI is InChI=1S/C17H17NO5S/c1-22-13-8-7-11(9-14(13)23-2)16-10-17(19)18-12-5-3-4-6-15(12)24(16,20)21/h3-9,16H,10H2,1-2H3,(H,18,19)/t16-/m1/s1. The van der Waals surface area contributed by atoms with Crippen LogP contribution in [0.1, 0.15) is 17.2 Å². The summed E-state index contributed by atoms with van der Waals surface area (Å²) < 4.78 is 36.5. The van der Waals surface area contributed by atoms with E-state index in [1.165, 1.54) is 20.3 Å². The maximum Gasteiger partial charge on any atom is 0.226 e. The van der Waals surface area contributed by atoms with Gasteiger partial charge in [-0.1, -0.05) is 18.2 Å². The van der Waals surface area contributed by atoms with E-state index in [4.69, 9.17) is 9.47 Å². The Morgan fingerprint density at radius 2 is 1.75 bits per heavy atom. The Morgan fingerprint density at radius 3 is 2.46 bits per heavy atom. The van der Waals surface area contributed by atoms with Crippen molar-refractivity contribution in [2.75, 3.05) is 19.5 Å². The SMILES string of the molecule is COc1ccc([C@H]2CC(=O)Nc3ccccc3S2(=O)=O)cc1OC. The van der Waals surface area contributed by atoms with Crippen LogP contribution < -0.4 is 14.8 Å². The Balaban J connectivity index is 2.15. The number of anilines is 1. The molecule has 24 heavy (non-hydrogen) atoms. The molecule has 0 bridgehead atoms. The lowest BCUT2D eigenvalue weighted by molar-refractivity contribution is -0.116. The fraction of sp³-hybridized carbons (Fsp3) is 0.235. The first-order valence-corrected chi connectivity index (χ1v) is 8.86. The molecule has 1 amide bonds. The summed E-state index contributed by atoms with van der Waals surface area (Å²) in [5.41, 5.74) is 0.796. The van der Waals surface area contributed by atoms with Crippen LogP contribution in [-0.2, 0) is 14.6 Å². The van der Waals surface area contributed by atoms with Gasteiger partial charge in [0.15, 0.2) is 21.3 Å². The molecule has 7 heteroatoms. The topological polar surface area (TPSA) is 81.7 Å². The molecule has 0 saturated carbocycles. The summed E-state index contributed by atoms with van der Waals surface area (Å²) in [4.78, 5) is 12.3. The van der Waals surface area contributed by atoms with Gasteiger partial charge in [-0.25, -0.2) is 8.42 Å². The monoisotopic (exact) mass is 347 g/mol. The van der Waals surface area contributed by atoms with Crippen molar-refractivity contribution in [3.05, 3.63) is 48.0 Å². The maximum absolute atomic E-state index is 13.1. The summed E-state index contributed by atoms with van der Waals surface area (Å²) in [6.45, 7) is 0. The first-order valence-electron chi connectivity index (χ1n) is 7.32. The van der Waals surface area contributed by atoms with Crippen LogP contribution in [-0.4, -0.2) is 28.5 Å². The second kappa shape index (κ2) is 6.16. The maximum atomic E-state index is 13.1. The predicted molar refractivity (Wildman–Crippen MR) is 89.2 cm³/mol. The highest BCUT2D eigenvalue weighted by atomic mass is 32.2. The van der Waals surface area contributed by atoms with Gasteiger partial charge in [0.2, 0.25) is 5.91 Å². The molecule has 1 N–H and O–H groups in total. The van der Waals surface area contributed by atoms with Crippen molar-refractivity contribution in [1.29, 1.82) is 0 Å². The molecule has 126 valence electrons. The molecule has 1 aliphatic heterocycles. The number of sulfone groups is 1. The number of amides is 1. The lowest BCUT2D eigenvalue weighted by atomic mass is 10.1. The summed E-state index contributed by atoms with van der Waals surface area (Å²) in [6, 6.07) is 11.3. The number of hydrogen-bond donors (Lipinski definition) is 1. The third-order valence-electron chi connectivity index (χ3n) is 3.99. The van der Waals surface area contributed by atoms with Crippen LogP contribution >= 0.6 is 0 Å². The molecule has 2 aromatic rings. The van der Waals surface area contributed by atoms with Gasteiger partial charge in [0, 0.05) is 6.42 Å². The molecule has 0 radical (unpaired) electrons. The Labute approximate surface area is 140 Å². The highest BCUT2D eigenvalue weighted by molar-refractivity contribution is 7.92. The van der Waals surface area contributed by atoms with Crippen LogP contribution in [0.4, 0.5) is 5.69 Å². The van der Waals surface area contributed by atoms with E-state index in [-0.39, 0.29) is 17.2 Å². The lowest BCUT2D eigenvalue weighted by Crippen LogP contribution is -2.16. The Hall–Kier alpha value is -2.54. The molecule has 0 unspecified atom stereocenters. The first kappa shape index (κ1) is 16.3. The van der Waals surface area contributed by atoms with E-state index in [9.17, 15) is 13.2 Å². The van der Waals surface area contributed by atoms with E-state index in [1.54, 1.807) is 36.4 Å². The van der Waals surface area contributed by atoms with Crippen molar-refractivity contribution < 1.29 is 22.7 Å². The predicted octanol–water partition coefficient (Wildman–Crippen LogP) is 2.56. The van der Waals surface area contributed by atoms with E-state index in [1.807, 2.05) is 0 Å². The van der Waals surface area contributed by atoms with Gasteiger partial charge in [-0.15, -0.1) is 0 Å². The molecule has 0 aliphatic carbocycles. The number of hydrogen-bond acceptors (Lipinski definition) is 5. The zero-order valence-corrected chi connectivity index (χ0v) is 14.1. The minimum Gasteiger partial charge on any atom is -0.493 e. The summed E-state index contributed by atoms with van der Waals surface area (Å²) in [6.07, 6.45) is -0.160. The van der Waals surface area contributed by atoms with Crippen LogP contribution in [0.15, 0.2) is 47.4 Å². The van der Waals surface area contributed by atoms with Gasteiger partial charge < -0.3 is 14.8 Å². The van der Waals surface area contributed by atoms with Crippen LogP contribution in [0.25, 0.3) is 0 Å². The van der Waals surface area contributed by atoms with Crippen LogP contribution in [0, 0.1) is 0 Å². The number of rotatable bonds is 3. The van der Waals surface area contributed by atoms with Crippen molar-refractivity contribution in [1.82, 2.24) is 0 Å². The normalized spacial score (nSPS) is 18.9. The minimum atomic E-state index is -3.73. The quantitative estimate of drug-likeness (QED) is 0.923. The number of para-hydroxylation sites is 1. The third-order valence-corrected chi connectivity index (χ3v) is 6.15. The molecule has 2 aromatic carbocycles. The van der Waals surface area contributed by atoms with Crippen molar-refractivity contribution >= 4 is 21.4 Å². The second-order valence-corrected chi connectivity index (χ2v) is 7.50. The van der Waals surface area contributed by atoms with Crippen molar-refractivity contribution in [3.8, 4) is 11.5 Å². The molecular weight excluding hydrogens is 330 g/mol. The summed E-state index contributed by atoms with van der Waals surface area (Å²) in [5, 5.41) is 1.67. The van der Waals surface area contributed by atoms with Gasteiger partial charge in [0.25, 0.3) is 0 Å². The fourth-order valence-corrected chi connectivity index (χ4v) is 4.68. The number of nitrogens with one attached hydrogen (secondary N) is 1. The Morgan fingerprint density at radius 1 is 1.04 bits per heavy atom. The molecule has 0 spiro atoms. The fourth-order valence-electron chi connectivity index (χ4n) is 2.80. The third kappa shape index (κ3) is 2.71. The minimum absolute atomic E-state index is 0.121. The molecule has 0 saturated heterocycles. The van der Waals surface area contributed by atoms with Gasteiger partial charge in [0.05, 0.1) is 30.1 Å². The van der Waals surface area contributed by atoms with Gasteiger partial charge in [0.1, 0.15) is 0 Å². The molecule has 1 aliphatic rings. The lowest BCUT2D eigenvalue weighted by Gasteiger charge is -2.17. The molecule has 1 heterocycles. The van der Waals surface area contributed by atoms with Crippen molar-refractivity contribution in [2.45, 2.75) is 16.6 Å². The highest BCUT2D eigenvalue weighted by Crippen LogP contribution is 2.40. The average Bonchev–Trinajstić information content (AvgIpc) is 2.68. The second-order valence-electron chi connectivity index (χ2n) is 5.40. The van der Waals surface area contributed by atoms with E-state index in [2.05, 4.69) is 5.32 Å². The number of carbonyl (C=O) groups excluding carboxylic acids is 1. The highest BCUT2D eigenvalue weighted by Gasteiger charge is 2.36. The first-order chi connectivity index (χ1) is 11.5. The smallest absolute Gasteiger partial charge is 0.226 e. The van der Waals surface area contributed by atoms with Gasteiger partial charge in [-0.05, 0) is 29.8 Å². The number of fused-ring (bicyclic) bond motifs is 1. The molecule has 6 nitrogen and oxygen atoms in total. The largest absolute Gasteiger partial charge is 0.493 e. The molecule has 0 aromatic heterocycles. The molecular formula is C17H17NO5S. The van der Waals surface area contributed by atoms with Crippen molar-refractivity contribution in [2.24, 2.45) is 0 Å². The number of benzene rings is 2. The summed E-state index contributed by atoms with van der Waals surface area (Å²) in [5.74, 6) is 0.573. The Kier molecular flexibility index (Phi) is 4.19. The van der Waals surface area contributed by atoms with Crippen molar-refractivity contribution in [3.63, 3.8) is 0 Å². The van der Waals surface area contributed by atoms with Crippen LogP contribution in [0.2, 0.25) is 0 Å². The van der Waals surface area contributed by atoms with Gasteiger partial charge in [-0.2, -0.15) is 0 Å². The zero-order chi connectivity index (χ0) is 17.3. The van der Waals surface area contributed by atoms with E-state index >= 15 is 0 Å². The van der Waals surface area contributed by atoms with Gasteiger partial charge >= 0.3 is 0 Å². The van der Waals surface area contributed by atoms with E-state index in [0.717, 1.165) is 0 Å². The number of carbonyl (C=O) groups is 1. The molecule has 1 atom stereocenters. The van der Waals surface area contributed by atoms with Crippen LogP contribution in [0.3, 0.4) is 0 Å². The van der Waals surface area contributed by atoms with E-state index < -0.39 is 15.1 Å². The summed E-state index contributed by atoms with van der Waals surface area (Å²) >= 11 is 0. The molecule has 0 fully saturated rings. The molecule has 3 rings (SSSR count). The average molecular weight is 347 g/mol. The number of ether oxygens (including phenoxy) is 2. The summed E-state index contributed by atoms with van der Waals surface area (Å²) in [7, 11) is -0.749. The van der Waals surface area contributed by atoms with Crippen LogP contribution in [0.5, 0.6) is 11.5 Å². The number of methoxy groups -OCH3 is 2. The Bertz CT molecular complexity index is 892. The zero-order valence-electron chi connectivity index (χ0n) is 13.3. The van der Waals surface area contributed by atoms with Gasteiger partial charge in [-0.3, -0.25) is 4.79 Å². The van der Waals surface area contributed by atoms with E-state index in [0.29, 0.717) is 22.7 Å².